The van der Waals surface area contributed by atoms with Gasteiger partial charge in [0.15, 0.2) is 5.76 Å². The Morgan fingerprint density at radius 1 is 1.16 bits per heavy atom. The molecule has 0 radical (unpaired) electrons. The van der Waals surface area contributed by atoms with Crippen LogP contribution in [0.5, 0.6) is 0 Å². The molecule has 1 aliphatic carbocycles. The maximum atomic E-state index is 12.7. The van der Waals surface area contributed by atoms with Crippen molar-refractivity contribution in [1.82, 2.24) is 5.16 Å². The van der Waals surface area contributed by atoms with Crippen molar-refractivity contribution in [3.8, 4) is 0 Å². The van der Waals surface area contributed by atoms with E-state index in [1.165, 1.54) is 0 Å². The van der Waals surface area contributed by atoms with Crippen molar-refractivity contribution in [3.63, 3.8) is 0 Å². The van der Waals surface area contributed by atoms with Crippen molar-refractivity contribution < 1.29 is 24.0 Å². The van der Waals surface area contributed by atoms with Gasteiger partial charge in [0.2, 0.25) is 0 Å². The number of anilines is 2. The van der Waals surface area contributed by atoms with Crippen molar-refractivity contribution in [2.45, 2.75) is 69.9 Å². The third kappa shape index (κ3) is 4.92. The topological polar surface area (TPSA) is 105 Å². The number of carbonyl (C=O) groups excluding carboxylic acids is 1. The molecule has 2 aliphatic rings. The number of ether oxygens (including phenoxy) is 1. The van der Waals surface area contributed by atoms with Crippen LogP contribution in [-0.4, -0.2) is 34.9 Å². The molecule has 3 aromatic rings. The Morgan fingerprint density at radius 3 is 2.49 bits per heavy atom. The summed E-state index contributed by atoms with van der Waals surface area (Å²) in [6, 6.07) is 17.8. The molecule has 1 amide bonds. The molecule has 1 aliphatic heterocycles. The van der Waals surface area contributed by atoms with Crippen molar-refractivity contribution in [1.29, 1.82) is 0 Å². The van der Waals surface area contributed by atoms with Crippen LogP contribution in [0.3, 0.4) is 0 Å². The summed E-state index contributed by atoms with van der Waals surface area (Å²) < 4.78 is 11.3. The molecule has 1 saturated carbocycles. The van der Waals surface area contributed by atoms with Crippen molar-refractivity contribution >= 4 is 23.4 Å². The molecule has 2 aromatic carbocycles. The second-order valence-corrected chi connectivity index (χ2v) is 10.3. The van der Waals surface area contributed by atoms with E-state index in [1.54, 1.807) is 0 Å². The Kier molecular flexibility index (Phi) is 6.67. The Balaban J connectivity index is 1.23. The summed E-state index contributed by atoms with van der Waals surface area (Å²) in [6.07, 6.45) is 2.16. The molecule has 1 saturated heterocycles. The molecule has 8 nitrogen and oxygen atoms in total. The molecule has 3 atom stereocenters. The fourth-order valence-electron chi connectivity index (χ4n) is 5.42. The number of nitrogens with one attached hydrogen (secondary N) is 1. The van der Waals surface area contributed by atoms with Gasteiger partial charge in [-0.1, -0.05) is 47.6 Å². The number of piperidine rings is 1. The number of hydrogen-bond acceptors (Lipinski definition) is 6. The standard InChI is InChI=1S/C29H33N3O5/c1-18-17-22(13-16-32(18)24-11-9-23(10-12-24)29(14-15-29)27(33)34)26-25(19(2)31-37-26)30-28(35)36-20(3)21-7-5-4-6-8-21/h4-12,18,20,22H,13-17H2,1-3H3,(H,30,35)(H,33,34)/t18-,20-,22-/m1/s1. The molecule has 2 heterocycles. The molecular formula is C29H33N3O5. The monoisotopic (exact) mass is 503 g/mol. The highest BCUT2D eigenvalue weighted by atomic mass is 16.6. The van der Waals surface area contributed by atoms with Crippen LogP contribution in [0.4, 0.5) is 16.2 Å². The number of aromatic nitrogens is 1. The molecule has 194 valence electrons. The van der Waals surface area contributed by atoms with Crippen LogP contribution in [0.1, 0.15) is 74.1 Å². The zero-order valence-corrected chi connectivity index (χ0v) is 21.4. The maximum absolute atomic E-state index is 12.7. The second-order valence-electron chi connectivity index (χ2n) is 10.3. The van der Waals surface area contributed by atoms with Gasteiger partial charge in [-0.05, 0) is 69.7 Å². The number of aryl methyl sites for hydroxylation is 1. The van der Waals surface area contributed by atoms with Crippen LogP contribution in [-0.2, 0) is 14.9 Å². The van der Waals surface area contributed by atoms with Crippen LogP contribution in [0.15, 0.2) is 59.1 Å². The van der Waals surface area contributed by atoms with Gasteiger partial charge in [-0.15, -0.1) is 0 Å². The van der Waals surface area contributed by atoms with Gasteiger partial charge in [-0.25, -0.2) is 4.79 Å². The van der Waals surface area contributed by atoms with Crippen LogP contribution in [0.2, 0.25) is 0 Å². The predicted octanol–water partition coefficient (Wildman–Crippen LogP) is 6.18. The van der Waals surface area contributed by atoms with Gasteiger partial charge in [0.05, 0.1) is 5.41 Å². The normalized spacial score (nSPS) is 21.2. The van der Waals surface area contributed by atoms with Crippen molar-refractivity contribution in [2.75, 3.05) is 16.8 Å². The van der Waals surface area contributed by atoms with E-state index >= 15 is 0 Å². The first-order chi connectivity index (χ1) is 17.8. The van der Waals surface area contributed by atoms with Crippen LogP contribution < -0.4 is 10.2 Å². The van der Waals surface area contributed by atoms with Gasteiger partial charge in [-0.2, -0.15) is 0 Å². The average molecular weight is 504 g/mol. The van der Waals surface area contributed by atoms with Gasteiger partial charge in [-0.3, -0.25) is 10.1 Å². The van der Waals surface area contributed by atoms with Crippen LogP contribution in [0.25, 0.3) is 0 Å². The van der Waals surface area contributed by atoms with Crippen LogP contribution >= 0.6 is 0 Å². The quantitative estimate of drug-likeness (QED) is 0.396. The minimum Gasteiger partial charge on any atom is -0.481 e. The summed E-state index contributed by atoms with van der Waals surface area (Å²) in [5.41, 5.74) is 3.41. The lowest BCUT2D eigenvalue weighted by atomic mass is 9.88. The highest BCUT2D eigenvalue weighted by Gasteiger charge is 2.51. The number of nitrogens with zero attached hydrogens (tertiary/aromatic N) is 2. The van der Waals surface area contributed by atoms with Gasteiger partial charge in [0, 0.05) is 24.2 Å². The van der Waals surface area contributed by atoms with Gasteiger partial charge in [0.1, 0.15) is 17.5 Å². The van der Waals surface area contributed by atoms with E-state index < -0.39 is 17.5 Å². The summed E-state index contributed by atoms with van der Waals surface area (Å²) in [5.74, 6) is 0.0516. The number of rotatable bonds is 7. The molecule has 8 heteroatoms. The summed E-state index contributed by atoms with van der Waals surface area (Å²) in [4.78, 5) is 26.7. The third-order valence-corrected chi connectivity index (χ3v) is 7.83. The van der Waals surface area contributed by atoms with E-state index in [9.17, 15) is 14.7 Å². The van der Waals surface area contributed by atoms with E-state index in [0.29, 0.717) is 30.0 Å². The highest BCUT2D eigenvalue weighted by Crippen LogP contribution is 2.49. The average Bonchev–Trinajstić information content (AvgIpc) is 3.64. The molecule has 37 heavy (non-hydrogen) atoms. The first kappa shape index (κ1) is 24.9. The highest BCUT2D eigenvalue weighted by molar-refractivity contribution is 5.86. The molecule has 0 unspecified atom stereocenters. The molecule has 2 fully saturated rings. The molecule has 1 aromatic heterocycles. The summed E-state index contributed by atoms with van der Waals surface area (Å²) in [7, 11) is 0. The number of carbonyl (C=O) groups is 2. The predicted molar refractivity (Wildman–Crippen MR) is 140 cm³/mol. The summed E-state index contributed by atoms with van der Waals surface area (Å²) in [5, 5.41) is 16.6. The maximum Gasteiger partial charge on any atom is 0.412 e. The molecule has 2 N–H and O–H groups in total. The van der Waals surface area contributed by atoms with E-state index in [-0.39, 0.29) is 18.1 Å². The number of benzene rings is 2. The molecule has 5 rings (SSSR count). The van der Waals surface area contributed by atoms with Gasteiger partial charge in [0.25, 0.3) is 0 Å². The zero-order chi connectivity index (χ0) is 26.2. The minimum absolute atomic E-state index is 0.107. The zero-order valence-electron chi connectivity index (χ0n) is 21.4. The van der Waals surface area contributed by atoms with E-state index in [0.717, 1.165) is 36.2 Å². The third-order valence-electron chi connectivity index (χ3n) is 7.83. The summed E-state index contributed by atoms with van der Waals surface area (Å²) in [6.45, 7) is 6.63. The van der Waals surface area contributed by atoms with Gasteiger partial charge < -0.3 is 19.3 Å². The Morgan fingerprint density at radius 2 is 1.86 bits per heavy atom. The molecule has 0 spiro atoms. The van der Waals surface area contributed by atoms with Crippen LogP contribution in [0, 0.1) is 6.92 Å². The fourth-order valence-corrected chi connectivity index (χ4v) is 5.42. The Labute approximate surface area is 216 Å². The molecule has 0 bridgehead atoms. The van der Waals surface area contributed by atoms with E-state index in [4.69, 9.17) is 9.26 Å². The first-order valence-electron chi connectivity index (χ1n) is 12.9. The number of aliphatic carboxylic acids is 1. The molecular weight excluding hydrogens is 470 g/mol. The van der Waals surface area contributed by atoms with Crippen molar-refractivity contribution in [2.24, 2.45) is 0 Å². The lowest BCUT2D eigenvalue weighted by Gasteiger charge is -2.39. The Hall–Kier alpha value is -3.81. The number of hydrogen-bond donors (Lipinski definition) is 2. The minimum atomic E-state index is -0.736. The second kappa shape index (κ2) is 9.92. The fraction of sp³-hybridized carbons (Fsp3) is 0.414. The van der Waals surface area contributed by atoms with E-state index in [2.05, 4.69) is 22.3 Å². The first-order valence-corrected chi connectivity index (χ1v) is 12.9. The number of amides is 1. The lowest BCUT2D eigenvalue weighted by molar-refractivity contribution is -0.140. The SMILES string of the molecule is Cc1noc([C@@H]2CCN(c3ccc(C4(C(=O)O)CC4)cc3)[C@H](C)C2)c1NC(=O)O[C@H](C)c1ccccc1. The number of carboxylic acid groups (broad SMARTS) is 1. The Bertz CT molecular complexity index is 1270. The lowest BCUT2D eigenvalue weighted by Crippen LogP contribution is -2.40. The summed E-state index contributed by atoms with van der Waals surface area (Å²) >= 11 is 0. The largest absolute Gasteiger partial charge is 0.481 e. The number of carboxylic acids is 1. The van der Waals surface area contributed by atoms with Crippen molar-refractivity contribution in [3.05, 3.63) is 77.2 Å². The smallest absolute Gasteiger partial charge is 0.412 e. The van der Waals surface area contributed by atoms with E-state index in [1.807, 2.05) is 68.4 Å². The van der Waals surface area contributed by atoms with Gasteiger partial charge >= 0.3 is 12.1 Å².